The normalized spacial score (nSPS) is 15.6. The molecule has 0 atom stereocenters. The number of carbonyl (C=O) groups is 1. The summed E-state index contributed by atoms with van der Waals surface area (Å²) in [6, 6.07) is 5.95. The maximum absolute atomic E-state index is 12.2. The van der Waals surface area contributed by atoms with Crippen molar-refractivity contribution in [3.05, 3.63) is 30.0 Å². The number of hydrogen-bond donors (Lipinski definition) is 4. The summed E-state index contributed by atoms with van der Waals surface area (Å²) >= 11 is 0. The van der Waals surface area contributed by atoms with Gasteiger partial charge in [-0.2, -0.15) is 5.10 Å². The molecule has 29 heavy (non-hydrogen) atoms. The highest BCUT2D eigenvalue weighted by Gasteiger charge is 2.18. The van der Waals surface area contributed by atoms with Gasteiger partial charge in [-0.3, -0.25) is 10.00 Å². The smallest absolute Gasteiger partial charge is 0.319 e. The molecule has 1 aliphatic heterocycles. The minimum Gasteiger partial charge on any atom is -0.379 e. The Hall–Kier alpha value is -2.91. The average Bonchev–Trinajstić information content (AvgIpc) is 3.27. The number of benzene rings is 1. The highest BCUT2D eigenvalue weighted by molar-refractivity contribution is 5.93. The molecule has 0 spiro atoms. The van der Waals surface area contributed by atoms with Gasteiger partial charge in [0.25, 0.3) is 0 Å². The van der Waals surface area contributed by atoms with Crippen molar-refractivity contribution in [3.63, 3.8) is 0 Å². The summed E-state index contributed by atoms with van der Waals surface area (Å²) in [6.07, 6.45) is 1.65. The number of aromatic amines is 2. The van der Waals surface area contributed by atoms with E-state index in [1.807, 2.05) is 26.8 Å². The van der Waals surface area contributed by atoms with Crippen LogP contribution in [0.2, 0.25) is 0 Å². The SMILES string of the molecule is CC(C)(C)NC(=O)Nc1c[nH]nc1-c1nc2cc(CN3CCOCC3)ccc2[nH]1. The lowest BCUT2D eigenvalue weighted by Gasteiger charge is -2.26. The van der Waals surface area contributed by atoms with Gasteiger partial charge in [-0.15, -0.1) is 0 Å². The predicted molar refractivity (Wildman–Crippen MR) is 112 cm³/mol. The molecule has 4 rings (SSSR count). The largest absolute Gasteiger partial charge is 0.379 e. The topological polar surface area (TPSA) is 111 Å². The summed E-state index contributed by atoms with van der Waals surface area (Å²) < 4.78 is 5.41. The molecule has 2 aromatic heterocycles. The number of urea groups is 1. The first kappa shape index (κ1) is 19.4. The van der Waals surface area contributed by atoms with Crippen molar-refractivity contribution in [2.45, 2.75) is 32.9 Å². The number of ether oxygens (including phenoxy) is 1. The number of nitrogens with one attached hydrogen (secondary N) is 4. The molecular formula is C20H27N7O2. The predicted octanol–water partition coefficient (Wildman–Crippen LogP) is 2.71. The van der Waals surface area contributed by atoms with Crippen LogP contribution >= 0.6 is 0 Å². The Labute approximate surface area is 169 Å². The van der Waals surface area contributed by atoms with Gasteiger partial charge < -0.3 is 20.4 Å². The van der Waals surface area contributed by atoms with E-state index in [4.69, 9.17) is 9.72 Å². The van der Waals surface area contributed by atoms with Crippen LogP contribution in [0.5, 0.6) is 0 Å². The number of aromatic nitrogens is 4. The molecule has 3 aromatic rings. The zero-order chi connectivity index (χ0) is 20.4. The molecule has 9 nitrogen and oxygen atoms in total. The van der Waals surface area contributed by atoms with Crippen LogP contribution in [-0.4, -0.2) is 62.9 Å². The molecule has 1 fully saturated rings. The fourth-order valence-electron chi connectivity index (χ4n) is 3.34. The van der Waals surface area contributed by atoms with Crippen LogP contribution in [0.1, 0.15) is 26.3 Å². The Morgan fingerprint density at radius 3 is 2.83 bits per heavy atom. The number of H-pyrrole nitrogens is 2. The van der Waals surface area contributed by atoms with Crippen LogP contribution < -0.4 is 10.6 Å². The molecule has 0 radical (unpaired) electrons. The van der Waals surface area contributed by atoms with Gasteiger partial charge in [0.05, 0.1) is 29.9 Å². The van der Waals surface area contributed by atoms with Gasteiger partial charge in [-0.05, 0) is 38.5 Å². The van der Waals surface area contributed by atoms with E-state index in [9.17, 15) is 4.79 Å². The van der Waals surface area contributed by atoms with E-state index >= 15 is 0 Å². The lowest BCUT2D eigenvalue weighted by molar-refractivity contribution is 0.0342. The molecule has 0 unspecified atom stereocenters. The molecule has 0 saturated carbocycles. The summed E-state index contributed by atoms with van der Waals surface area (Å²) in [7, 11) is 0. The molecule has 2 amide bonds. The second-order valence-electron chi connectivity index (χ2n) is 8.30. The average molecular weight is 397 g/mol. The van der Waals surface area contributed by atoms with Gasteiger partial charge in [-0.1, -0.05) is 6.07 Å². The monoisotopic (exact) mass is 397 g/mol. The Kier molecular flexibility index (Phi) is 5.25. The van der Waals surface area contributed by atoms with E-state index < -0.39 is 0 Å². The van der Waals surface area contributed by atoms with Crippen LogP contribution in [0.25, 0.3) is 22.6 Å². The summed E-state index contributed by atoms with van der Waals surface area (Å²) in [6.45, 7) is 10.1. The van der Waals surface area contributed by atoms with Crippen LogP contribution in [0.3, 0.4) is 0 Å². The number of carbonyl (C=O) groups excluding carboxylic acids is 1. The van der Waals surface area contributed by atoms with Gasteiger partial charge in [0.15, 0.2) is 11.5 Å². The fraction of sp³-hybridized carbons (Fsp3) is 0.450. The number of rotatable bonds is 4. The van der Waals surface area contributed by atoms with Gasteiger partial charge in [0, 0.05) is 31.4 Å². The molecule has 1 saturated heterocycles. The number of hydrogen-bond acceptors (Lipinski definition) is 5. The van der Waals surface area contributed by atoms with Crippen molar-refractivity contribution in [1.29, 1.82) is 0 Å². The first-order valence-electron chi connectivity index (χ1n) is 9.79. The van der Waals surface area contributed by atoms with Gasteiger partial charge in [0.1, 0.15) is 0 Å². The first-order chi connectivity index (χ1) is 13.9. The van der Waals surface area contributed by atoms with E-state index in [-0.39, 0.29) is 11.6 Å². The van der Waals surface area contributed by atoms with Gasteiger partial charge in [-0.25, -0.2) is 9.78 Å². The van der Waals surface area contributed by atoms with Crippen molar-refractivity contribution < 1.29 is 9.53 Å². The summed E-state index contributed by atoms with van der Waals surface area (Å²) in [5, 5.41) is 12.8. The maximum Gasteiger partial charge on any atom is 0.319 e. The van der Waals surface area contributed by atoms with Gasteiger partial charge in [0.2, 0.25) is 0 Å². The zero-order valence-electron chi connectivity index (χ0n) is 17.0. The Morgan fingerprint density at radius 2 is 2.07 bits per heavy atom. The number of morpholine rings is 1. The van der Waals surface area contributed by atoms with Crippen LogP contribution in [-0.2, 0) is 11.3 Å². The van der Waals surface area contributed by atoms with E-state index in [1.54, 1.807) is 6.20 Å². The summed E-state index contributed by atoms with van der Waals surface area (Å²) in [4.78, 5) is 22.6. The van der Waals surface area contributed by atoms with E-state index in [1.165, 1.54) is 5.56 Å². The van der Waals surface area contributed by atoms with E-state index in [0.717, 1.165) is 43.9 Å². The zero-order valence-corrected chi connectivity index (χ0v) is 17.0. The Morgan fingerprint density at radius 1 is 1.28 bits per heavy atom. The number of nitrogens with zero attached hydrogens (tertiary/aromatic N) is 3. The highest BCUT2D eigenvalue weighted by atomic mass is 16.5. The quantitative estimate of drug-likeness (QED) is 0.541. The van der Waals surface area contributed by atoms with Crippen molar-refractivity contribution in [1.82, 2.24) is 30.4 Å². The summed E-state index contributed by atoms with van der Waals surface area (Å²) in [5.74, 6) is 0.607. The molecule has 0 bridgehead atoms. The number of amides is 2. The van der Waals surface area contributed by atoms with Crippen LogP contribution in [0.4, 0.5) is 10.5 Å². The highest BCUT2D eigenvalue weighted by Crippen LogP contribution is 2.26. The minimum absolute atomic E-state index is 0.288. The second-order valence-corrected chi connectivity index (χ2v) is 8.30. The molecule has 154 valence electrons. The fourth-order valence-corrected chi connectivity index (χ4v) is 3.34. The molecule has 4 N–H and O–H groups in total. The Bertz CT molecular complexity index is 996. The Balaban J connectivity index is 1.53. The molecule has 1 aliphatic rings. The van der Waals surface area contributed by atoms with Crippen molar-refractivity contribution in [3.8, 4) is 11.5 Å². The van der Waals surface area contributed by atoms with E-state index in [0.29, 0.717) is 17.2 Å². The number of fused-ring (bicyclic) bond motifs is 1. The second kappa shape index (κ2) is 7.84. The van der Waals surface area contributed by atoms with Crippen LogP contribution in [0.15, 0.2) is 24.4 Å². The third-order valence-electron chi connectivity index (χ3n) is 4.66. The molecule has 9 heteroatoms. The third kappa shape index (κ3) is 4.75. The lowest BCUT2D eigenvalue weighted by Crippen LogP contribution is -2.43. The molecule has 0 aliphatic carbocycles. The molecule has 1 aromatic carbocycles. The van der Waals surface area contributed by atoms with Crippen molar-refractivity contribution in [2.75, 3.05) is 31.6 Å². The maximum atomic E-state index is 12.2. The lowest BCUT2D eigenvalue weighted by atomic mass is 10.1. The van der Waals surface area contributed by atoms with Crippen LogP contribution in [0, 0.1) is 0 Å². The number of imidazole rings is 1. The van der Waals surface area contributed by atoms with Gasteiger partial charge >= 0.3 is 6.03 Å². The first-order valence-corrected chi connectivity index (χ1v) is 9.79. The van der Waals surface area contributed by atoms with Crippen molar-refractivity contribution >= 4 is 22.8 Å². The molecule has 3 heterocycles. The summed E-state index contributed by atoms with van der Waals surface area (Å²) in [5.41, 5.74) is 3.82. The van der Waals surface area contributed by atoms with Crippen molar-refractivity contribution in [2.24, 2.45) is 0 Å². The minimum atomic E-state index is -0.329. The number of anilines is 1. The standard InChI is InChI=1S/C20H27N7O2/c1-20(2,3)25-19(28)24-16-11-21-26-17(16)18-22-14-5-4-13(10-15(14)23-18)12-27-6-8-29-9-7-27/h4-5,10-11H,6-9,12H2,1-3H3,(H,21,26)(H,22,23)(H2,24,25,28). The third-order valence-corrected chi connectivity index (χ3v) is 4.66. The van der Waals surface area contributed by atoms with E-state index in [2.05, 4.69) is 42.8 Å². The molecular weight excluding hydrogens is 370 g/mol.